The van der Waals surface area contributed by atoms with Crippen molar-refractivity contribution in [2.45, 2.75) is 85.0 Å². The molecule has 0 aromatic heterocycles. The van der Waals surface area contributed by atoms with E-state index in [1.807, 2.05) is 64.1 Å². The van der Waals surface area contributed by atoms with Crippen molar-refractivity contribution >= 4 is 23.7 Å². The van der Waals surface area contributed by atoms with Gasteiger partial charge in [0.2, 0.25) is 17.7 Å². The van der Waals surface area contributed by atoms with Crippen LogP contribution in [0.1, 0.15) is 65.9 Å². The average molecular weight is 500 g/mol. The first-order valence-corrected chi connectivity index (χ1v) is 12.8. The van der Waals surface area contributed by atoms with Crippen molar-refractivity contribution < 1.29 is 23.9 Å². The van der Waals surface area contributed by atoms with Crippen LogP contribution in [0.2, 0.25) is 0 Å². The Bertz CT molecular complexity index is 913. The molecule has 0 spiro atoms. The lowest BCUT2D eigenvalue weighted by Crippen LogP contribution is -2.56. The minimum absolute atomic E-state index is 0.0933. The number of hydrogen-bond acceptors (Lipinski definition) is 5. The third-order valence-electron chi connectivity index (χ3n) is 5.98. The fourth-order valence-corrected chi connectivity index (χ4v) is 3.95. The van der Waals surface area contributed by atoms with Crippen LogP contribution in [-0.2, 0) is 30.5 Å². The van der Waals surface area contributed by atoms with E-state index in [1.54, 1.807) is 13.0 Å². The van der Waals surface area contributed by atoms with E-state index in [4.69, 9.17) is 4.74 Å². The molecule has 0 radical (unpaired) electrons. The van der Waals surface area contributed by atoms with E-state index in [0.29, 0.717) is 19.3 Å². The monoisotopic (exact) mass is 499 g/mol. The van der Waals surface area contributed by atoms with E-state index in [-0.39, 0.29) is 36.7 Å². The number of ether oxygens (including phenoxy) is 1. The van der Waals surface area contributed by atoms with Crippen molar-refractivity contribution in [3.05, 3.63) is 48.0 Å². The normalized spacial score (nSPS) is 24.0. The lowest BCUT2D eigenvalue weighted by atomic mass is 9.98. The minimum Gasteiger partial charge on any atom is -0.459 e. The Hall–Kier alpha value is -3.16. The van der Waals surface area contributed by atoms with Gasteiger partial charge < -0.3 is 20.7 Å². The number of carbonyl (C=O) groups is 4. The van der Waals surface area contributed by atoms with Gasteiger partial charge in [-0.2, -0.15) is 0 Å². The van der Waals surface area contributed by atoms with E-state index >= 15 is 0 Å². The predicted octanol–water partition coefficient (Wildman–Crippen LogP) is 3.26. The van der Waals surface area contributed by atoms with Gasteiger partial charge in [-0.1, -0.05) is 77.1 Å². The van der Waals surface area contributed by atoms with Gasteiger partial charge in [-0.3, -0.25) is 14.4 Å². The van der Waals surface area contributed by atoms with Gasteiger partial charge in [-0.05, 0) is 43.1 Å². The Morgan fingerprint density at radius 1 is 0.833 bits per heavy atom. The first-order valence-electron chi connectivity index (χ1n) is 12.8. The van der Waals surface area contributed by atoms with Crippen molar-refractivity contribution in [2.24, 2.45) is 17.8 Å². The average Bonchev–Trinajstić information content (AvgIpc) is 2.82. The van der Waals surface area contributed by atoms with Crippen LogP contribution in [0, 0.1) is 17.8 Å². The summed E-state index contributed by atoms with van der Waals surface area (Å²) in [5.41, 5.74) is 0.842. The highest BCUT2D eigenvalue weighted by atomic mass is 16.5. The molecule has 8 heteroatoms. The van der Waals surface area contributed by atoms with E-state index in [9.17, 15) is 19.2 Å². The van der Waals surface area contributed by atoms with Crippen LogP contribution >= 0.6 is 0 Å². The van der Waals surface area contributed by atoms with E-state index < -0.39 is 35.9 Å². The van der Waals surface area contributed by atoms with Gasteiger partial charge in [0.15, 0.2) is 0 Å². The quantitative estimate of drug-likeness (QED) is 0.394. The fraction of sp³-hybridized carbons (Fsp3) is 0.571. The second kappa shape index (κ2) is 14.4. The molecular formula is C28H41N3O5. The Morgan fingerprint density at radius 2 is 1.36 bits per heavy atom. The molecule has 198 valence electrons. The molecule has 0 aliphatic carbocycles. The first kappa shape index (κ1) is 29.1. The summed E-state index contributed by atoms with van der Waals surface area (Å²) < 4.78 is 5.48. The van der Waals surface area contributed by atoms with Crippen molar-refractivity contribution in [3.8, 4) is 0 Å². The molecule has 36 heavy (non-hydrogen) atoms. The third-order valence-corrected chi connectivity index (χ3v) is 5.98. The molecule has 0 fully saturated rings. The minimum atomic E-state index is -0.914. The standard InChI is InChI=1S/C28H41N3O5/c1-18(2)15-23-27(34)31-24(16-19(3)4)26(33)29-22(14-10-9-11-20(5)25(32)30-23)28(35)36-17-21-12-7-6-8-13-21/h6-10,12-13,18-20,22-24H,11,14-17H2,1-5H3,(H,29,33)(H,30,32)(H,31,34)/t20-,22-,23-,24-/m0/s1. The number of carbonyl (C=O) groups excluding carboxylic acids is 4. The largest absolute Gasteiger partial charge is 0.459 e. The van der Waals surface area contributed by atoms with E-state index in [2.05, 4.69) is 16.0 Å². The van der Waals surface area contributed by atoms with Crippen molar-refractivity contribution in [1.29, 1.82) is 0 Å². The highest BCUT2D eigenvalue weighted by Gasteiger charge is 2.31. The molecular weight excluding hydrogens is 458 g/mol. The number of esters is 1. The number of benzene rings is 1. The second-order valence-corrected chi connectivity index (χ2v) is 10.4. The van der Waals surface area contributed by atoms with Gasteiger partial charge in [-0.25, -0.2) is 4.79 Å². The zero-order chi connectivity index (χ0) is 26.7. The number of allylic oxidation sites excluding steroid dienone is 1. The van der Waals surface area contributed by atoms with Crippen LogP contribution in [0.3, 0.4) is 0 Å². The zero-order valence-corrected chi connectivity index (χ0v) is 22.1. The summed E-state index contributed by atoms with van der Waals surface area (Å²) in [6, 6.07) is 6.79. The molecule has 0 saturated carbocycles. The van der Waals surface area contributed by atoms with Crippen molar-refractivity contribution in [1.82, 2.24) is 16.0 Å². The Kier molecular flexibility index (Phi) is 11.6. The summed E-state index contributed by atoms with van der Waals surface area (Å²) in [4.78, 5) is 52.1. The summed E-state index contributed by atoms with van der Waals surface area (Å²) >= 11 is 0. The van der Waals surface area contributed by atoms with Crippen LogP contribution in [0.4, 0.5) is 0 Å². The molecule has 3 N–H and O–H groups in total. The van der Waals surface area contributed by atoms with Gasteiger partial charge in [0.25, 0.3) is 0 Å². The second-order valence-electron chi connectivity index (χ2n) is 10.4. The highest BCUT2D eigenvalue weighted by Crippen LogP contribution is 2.13. The first-order chi connectivity index (χ1) is 17.1. The molecule has 3 amide bonds. The van der Waals surface area contributed by atoms with E-state index in [1.165, 1.54) is 0 Å². The van der Waals surface area contributed by atoms with Crippen LogP contribution < -0.4 is 16.0 Å². The summed E-state index contributed by atoms with van der Waals surface area (Å²) in [7, 11) is 0. The Labute approximate surface area is 214 Å². The molecule has 0 saturated heterocycles. The molecule has 8 nitrogen and oxygen atoms in total. The van der Waals surface area contributed by atoms with Crippen LogP contribution in [0.15, 0.2) is 42.5 Å². The maximum absolute atomic E-state index is 13.3. The molecule has 0 unspecified atom stereocenters. The van der Waals surface area contributed by atoms with Crippen LogP contribution in [0.25, 0.3) is 0 Å². The van der Waals surface area contributed by atoms with E-state index in [0.717, 1.165) is 5.56 Å². The fourth-order valence-electron chi connectivity index (χ4n) is 3.95. The summed E-state index contributed by atoms with van der Waals surface area (Å²) in [6.45, 7) is 9.74. The SMILES string of the molecule is CC(C)C[C@@H]1NC(=O)[C@H](CC(C)C)NC(=O)[C@@H](C)CC=CC[C@@H](C(=O)OCc2ccccc2)NC1=O. The molecule has 1 heterocycles. The van der Waals surface area contributed by atoms with Crippen LogP contribution in [0.5, 0.6) is 0 Å². The summed E-state index contributed by atoms with van der Waals surface area (Å²) in [6.07, 6.45) is 5.10. The zero-order valence-electron chi connectivity index (χ0n) is 22.1. The number of nitrogens with one attached hydrogen (secondary N) is 3. The number of hydrogen-bond donors (Lipinski definition) is 3. The Morgan fingerprint density at radius 3 is 1.94 bits per heavy atom. The molecule has 0 bridgehead atoms. The summed E-state index contributed by atoms with van der Waals surface area (Å²) in [5, 5.41) is 8.48. The molecule has 1 aliphatic rings. The smallest absolute Gasteiger partial charge is 0.329 e. The third kappa shape index (κ3) is 9.84. The van der Waals surface area contributed by atoms with Crippen LogP contribution in [-0.4, -0.2) is 41.8 Å². The molecule has 1 aliphatic heterocycles. The van der Waals surface area contributed by atoms with Gasteiger partial charge in [0, 0.05) is 5.92 Å². The maximum Gasteiger partial charge on any atom is 0.329 e. The number of rotatable bonds is 7. The van der Waals surface area contributed by atoms with Crippen molar-refractivity contribution in [2.75, 3.05) is 0 Å². The van der Waals surface area contributed by atoms with Gasteiger partial charge in [-0.15, -0.1) is 0 Å². The predicted molar refractivity (Wildman–Crippen MR) is 138 cm³/mol. The number of amides is 3. The molecule has 4 atom stereocenters. The van der Waals surface area contributed by atoms with Gasteiger partial charge in [0.05, 0.1) is 0 Å². The van der Waals surface area contributed by atoms with Gasteiger partial charge in [0.1, 0.15) is 24.7 Å². The molecule has 1 aromatic rings. The lowest BCUT2D eigenvalue weighted by molar-refractivity contribution is -0.149. The van der Waals surface area contributed by atoms with Crippen molar-refractivity contribution in [3.63, 3.8) is 0 Å². The highest BCUT2D eigenvalue weighted by molar-refractivity contribution is 5.93. The topological polar surface area (TPSA) is 114 Å². The maximum atomic E-state index is 13.3. The molecule has 1 aromatic carbocycles. The lowest BCUT2D eigenvalue weighted by Gasteiger charge is -2.27. The Balaban J connectivity index is 2.27. The summed E-state index contributed by atoms with van der Waals surface area (Å²) in [5.74, 6) is -1.70. The molecule has 2 rings (SSSR count). The van der Waals surface area contributed by atoms with Gasteiger partial charge >= 0.3 is 5.97 Å².